The average Bonchev–Trinajstić information content (AvgIpc) is 3.25. The Morgan fingerprint density at radius 3 is 2.57 bits per heavy atom. The third kappa shape index (κ3) is 3.23. The van der Waals surface area contributed by atoms with Gasteiger partial charge in [0.05, 0.1) is 17.6 Å². The van der Waals surface area contributed by atoms with Crippen molar-refractivity contribution in [3.63, 3.8) is 0 Å². The van der Waals surface area contributed by atoms with Gasteiger partial charge in [0.15, 0.2) is 11.5 Å². The molecular formula is C18H16ClN3O5S. The van der Waals surface area contributed by atoms with Gasteiger partial charge < -0.3 is 14.2 Å². The SMILES string of the molecule is COc1nn(C)c(NS(=O)(=O)c2ccc(Cl)cc2)c1-c1ccc2c(c1)OCO2. The van der Waals surface area contributed by atoms with Crippen LogP contribution in [0.4, 0.5) is 5.82 Å². The third-order valence-electron chi connectivity index (χ3n) is 4.22. The van der Waals surface area contributed by atoms with E-state index in [1.807, 2.05) is 0 Å². The molecule has 0 bridgehead atoms. The maximum atomic E-state index is 12.9. The predicted molar refractivity (Wildman–Crippen MR) is 104 cm³/mol. The quantitative estimate of drug-likeness (QED) is 0.679. The van der Waals surface area contributed by atoms with Crippen LogP contribution in [0.5, 0.6) is 17.4 Å². The molecule has 2 aromatic carbocycles. The molecule has 0 fully saturated rings. The van der Waals surface area contributed by atoms with Gasteiger partial charge in [0.1, 0.15) is 5.82 Å². The van der Waals surface area contributed by atoms with Crippen LogP contribution in [0.25, 0.3) is 11.1 Å². The van der Waals surface area contributed by atoms with Crippen LogP contribution in [-0.2, 0) is 17.1 Å². The summed E-state index contributed by atoms with van der Waals surface area (Å²) in [5.74, 6) is 1.71. The third-order valence-corrected chi connectivity index (χ3v) is 5.83. The second kappa shape index (κ2) is 6.92. The summed E-state index contributed by atoms with van der Waals surface area (Å²) in [5, 5.41) is 4.71. The number of methoxy groups -OCH3 is 1. The van der Waals surface area contributed by atoms with Crippen LogP contribution in [0.2, 0.25) is 5.02 Å². The molecule has 0 atom stereocenters. The summed E-state index contributed by atoms with van der Waals surface area (Å²) in [6.45, 7) is 0.138. The molecule has 2 heterocycles. The van der Waals surface area contributed by atoms with Crippen molar-refractivity contribution in [1.29, 1.82) is 0 Å². The van der Waals surface area contributed by atoms with Crippen LogP contribution in [-0.4, -0.2) is 32.1 Å². The van der Waals surface area contributed by atoms with Crippen molar-refractivity contribution in [2.75, 3.05) is 18.6 Å². The number of aryl methyl sites for hydroxylation is 1. The molecular weight excluding hydrogens is 406 g/mol. The molecule has 1 N–H and O–H groups in total. The number of aromatic nitrogens is 2. The van der Waals surface area contributed by atoms with Gasteiger partial charge in [0.25, 0.3) is 10.0 Å². The number of nitrogens with one attached hydrogen (secondary N) is 1. The van der Waals surface area contributed by atoms with Gasteiger partial charge in [-0.1, -0.05) is 17.7 Å². The molecule has 8 nitrogen and oxygen atoms in total. The number of ether oxygens (including phenoxy) is 3. The topological polar surface area (TPSA) is 91.7 Å². The van der Waals surface area contributed by atoms with E-state index in [4.69, 9.17) is 25.8 Å². The fraction of sp³-hybridized carbons (Fsp3) is 0.167. The molecule has 0 unspecified atom stereocenters. The summed E-state index contributed by atoms with van der Waals surface area (Å²) < 4.78 is 45.8. The molecule has 0 aliphatic carbocycles. The van der Waals surface area contributed by atoms with Gasteiger partial charge in [-0.2, -0.15) is 0 Å². The van der Waals surface area contributed by atoms with Crippen molar-refractivity contribution in [2.24, 2.45) is 7.05 Å². The number of rotatable bonds is 5. The maximum Gasteiger partial charge on any atom is 0.263 e. The highest BCUT2D eigenvalue weighted by molar-refractivity contribution is 7.92. The Labute approximate surface area is 166 Å². The van der Waals surface area contributed by atoms with Crippen molar-refractivity contribution in [3.05, 3.63) is 47.5 Å². The maximum absolute atomic E-state index is 12.9. The molecule has 1 aliphatic heterocycles. The van der Waals surface area contributed by atoms with Crippen LogP contribution in [0.3, 0.4) is 0 Å². The van der Waals surface area contributed by atoms with Gasteiger partial charge in [0, 0.05) is 12.1 Å². The molecule has 28 heavy (non-hydrogen) atoms. The summed E-state index contributed by atoms with van der Waals surface area (Å²) in [6.07, 6.45) is 0. The Hall–Kier alpha value is -2.91. The van der Waals surface area contributed by atoms with E-state index in [1.165, 1.54) is 36.1 Å². The van der Waals surface area contributed by atoms with Crippen LogP contribution in [0.1, 0.15) is 0 Å². The monoisotopic (exact) mass is 421 g/mol. The standard InChI is InChI=1S/C18H16ClN3O5S/c1-22-17(21-28(23,24)13-6-4-12(19)5-7-13)16(18(20-22)25-2)11-3-8-14-15(9-11)27-10-26-14/h3-9,21H,10H2,1-2H3. The second-order valence-electron chi connectivity index (χ2n) is 5.98. The molecule has 0 saturated heterocycles. The summed E-state index contributed by atoms with van der Waals surface area (Å²) in [6, 6.07) is 11.2. The minimum Gasteiger partial charge on any atom is -0.479 e. The van der Waals surface area contributed by atoms with Crippen molar-refractivity contribution in [1.82, 2.24) is 9.78 Å². The summed E-state index contributed by atoms with van der Waals surface area (Å²) >= 11 is 5.85. The molecule has 1 aromatic heterocycles. The molecule has 4 rings (SSSR count). The lowest BCUT2D eigenvalue weighted by molar-refractivity contribution is 0.174. The number of sulfonamides is 1. The number of fused-ring (bicyclic) bond motifs is 1. The van der Waals surface area contributed by atoms with Crippen LogP contribution in [0.15, 0.2) is 47.4 Å². The average molecular weight is 422 g/mol. The molecule has 0 radical (unpaired) electrons. The Balaban J connectivity index is 1.79. The number of hydrogen-bond acceptors (Lipinski definition) is 6. The van der Waals surface area contributed by atoms with E-state index in [-0.39, 0.29) is 23.4 Å². The first-order valence-electron chi connectivity index (χ1n) is 8.18. The fourth-order valence-electron chi connectivity index (χ4n) is 2.87. The molecule has 146 valence electrons. The van der Waals surface area contributed by atoms with Gasteiger partial charge in [-0.25, -0.2) is 13.1 Å². The molecule has 0 saturated carbocycles. The second-order valence-corrected chi connectivity index (χ2v) is 8.10. The van der Waals surface area contributed by atoms with Crippen molar-refractivity contribution in [2.45, 2.75) is 4.90 Å². The first kappa shape index (κ1) is 18.5. The van der Waals surface area contributed by atoms with Gasteiger partial charge in [-0.15, -0.1) is 5.10 Å². The number of nitrogens with zero attached hydrogens (tertiary/aromatic N) is 2. The molecule has 0 spiro atoms. The zero-order chi connectivity index (χ0) is 19.9. The number of halogens is 1. The Kier molecular flexibility index (Phi) is 4.56. The van der Waals surface area contributed by atoms with Crippen molar-refractivity contribution in [3.8, 4) is 28.5 Å². The molecule has 10 heteroatoms. The first-order valence-corrected chi connectivity index (χ1v) is 10.0. The first-order chi connectivity index (χ1) is 13.4. The number of hydrogen-bond donors (Lipinski definition) is 1. The normalized spacial score (nSPS) is 12.8. The van der Waals surface area contributed by atoms with Gasteiger partial charge in [0.2, 0.25) is 12.7 Å². The van der Waals surface area contributed by atoms with E-state index in [0.29, 0.717) is 27.6 Å². The molecule has 1 aliphatic rings. The summed E-state index contributed by atoms with van der Waals surface area (Å²) in [4.78, 5) is 0.0775. The predicted octanol–water partition coefficient (Wildman–Crippen LogP) is 3.28. The number of benzene rings is 2. The van der Waals surface area contributed by atoms with Crippen LogP contribution >= 0.6 is 11.6 Å². The van der Waals surface area contributed by atoms with Gasteiger partial charge in [-0.05, 0) is 42.0 Å². The van der Waals surface area contributed by atoms with E-state index in [0.717, 1.165) is 0 Å². The highest BCUT2D eigenvalue weighted by Gasteiger charge is 2.25. The van der Waals surface area contributed by atoms with Crippen LogP contribution < -0.4 is 18.9 Å². The molecule has 3 aromatic rings. The zero-order valence-corrected chi connectivity index (χ0v) is 16.5. The Morgan fingerprint density at radius 2 is 1.86 bits per heavy atom. The zero-order valence-electron chi connectivity index (χ0n) is 15.0. The smallest absolute Gasteiger partial charge is 0.263 e. The van der Waals surface area contributed by atoms with E-state index in [1.54, 1.807) is 25.2 Å². The van der Waals surface area contributed by atoms with E-state index in [2.05, 4.69) is 9.82 Å². The number of anilines is 1. The van der Waals surface area contributed by atoms with Gasteiger partial charge >= 0.3 is 0 Å². The molecule has 0 amide bonds. The minimum absolute atomic E-state index is 0.0775. The lowest BCUT2D eigenvalue weighted by Crippen LogP contribution is -2.16. The highest BCUT2D eigenvalue weighted by atomic mass is 35.5. The van der Waals surface area contributed by atoms with E-state index in [9.17, 15) is 8.42 Å². The van der Waals surface area contributed by atoms with Crippen molar-refractivity contribution < 1.29 is 22.6 Å². The lowest BCUT2D eigenvalue weighted by atomic mass is 10.1. The minimum atomic E-state index is -3.87. The lowest BCUT2D eigenvalue weighted by Gasteiger charge is -2.11. The van der Waals surface area contributed by atoms with Crippen molar-refractivity contribution >= 4 is 27.4 Å². The van der Waals surface area contributed by atoms with E-state index >= 15 is 0 Å². The van der Waals surface area contributed by atoms with Gasteiger partial charge in [-0.3, -0.25) is 4.72 Å². The fourth-order valence-corrected chi connectivity index (χ4v) is 4.10. The summed E-state index contributed by atoms with van der Waals surface area (Å²) in [7, 11) is -0.778. The highest BCUT2D eigenvalue weighted by Crippen LogP contribution is 2.42. The largest absolute Gasteiger partial charge is 0.479 e. The summed E-state index contributed by atoms with van der Waals surface area (Å²) in [5.41, 5.74) is 1.16. The Bertz CT molecular complexity index is 1140. The van der Waals surface area contributed by atoms with E-state index < -0.39 is 10.0 Å². The Morgan fingerprint density at radius 1 is 1.14 bits per heavy atom. The van der Waals surface area contributed by atoms with Crippen LogP contribution in [0, 0.1) is 0 Å².